The second-order valence-corrected chi connectivity index (χ2v) is 7.08. The van der Waals surface area contributed by atoms with Gasteiger partial charge in [0.1, 0.15) is 12.2 Å². The molecule has 0 bridgehead atoms. The molecule has 8 nitrogen and oxygen atoms in total. The van der Waals surface area contributed by atoms with Gasteiger partial charge in [0, 0.05) is 14.1 Å². The number of rotatable bonds is 5. The van der Waals surface area contributed by atoms with Crippen LogP contribution in [0.1, 0.15) is 23.6 Å². The van der Waals surface area contributed by atoms with Crippen LogP contribution in [0.4, 0.5) is 11.9 Å². The number of nitrogens with two attached hydrogens (primary N) is 1. The highest BCUT2D eigenvalue weighted by atomic mass is 32.2. The van der Waals surface area contributed by atoms with Crippen molar-refractivity contribution < 1.29 is 0 Å². The number of para-hydroxylation sites is 1. The van der Waals surface area contributed by atoms with Gasteiger partial charge in [-0.25, -0.2) is 0 Å². The number of anilines is 2. The lowest BCUT2D eigenvalue weighted by Crippen LogP contribution is -2.16. The van der Waals surface area contributed by atoms with Crippen LogP contribution >= 0.6 is 11.8 Å². The van der Waals surface area contributed by atoms with Crippen molar-refractivity contribution in [2.24, 2.45) is 0 Å². The number of nitrogen functional groups attached to an aromatic ring is 1. The highest BCUT2D eigenvalue weighted by Crippen LogP contribution is 2.33. The third-order valence-electron chi connectivity index (χ3n) is 3.60. The number of aromatic nitrogens is 6. The van der Waals surface area contributed by atoms with Gasteiger partial charge in [0.05, 0.1) is 10.9 Å². The normalized spacial score (nSPS) is 12.2. The molecular formula is C16H20N8S. The Morgan fingerprint density at radius 2 is 1.92 bits per heavy atom. The molecule has 0 aliphatic heterocycles. The molecule has 3 rings (SSSR count). The lowest BCUT2D eigenvalue weighted by molar-refractivity contribution is 0.841. The Hall–Kier alpha value is -2.68. The second-order valence-electron chi connectivity index (χ2n) is 5.78. The summed E-state index contributed by atoms with van der Waals surface area (Å²) in [5.41, 5.74) is 8.01. The number of hydrogen-bond donors (Lipinski definition) is 1. The molecule has 2 N–H and O–H groups in total. The summed E-state index contributed by atoms with van der Waals surface area (Å²) in [6.07, 6.45) is 1.71. The van der Waals surface area contributed by atoms with E-state index in [9.17, 15) is 0 Å². The van der Waals surface area contributed by atoms with Gasteiger partial charge >= 0.3 is 0 Å². The van der Waals surface area contributed by atoms with E-state index in [1.165, 1.54) is 11.8 Å². The minimum Gasteiger partial charge on any atom is -0.368 e. The SMILES string of the molecule is Cc1ccccc1-n1cnnc1SC(C)c1nc(N)nc(N(C)C)n1. The molecular weight excluding hydrogens is 336 g/mol. The first-order valence-electron chi connectivity index (χ1n) is 7.77. The number of thioether (sulfide) groups is 1. The highest BCUT2D eigenvalue weighted by molar-refractivity contribution is 7.99. The molecule has 0 aliphatic rings. The van der Waals surface area contributed by atoms with Crippen LogP contribution in [-0.2, 0) is 0 Å². The lowest BCUT2D eigenvalue weighted by atomic mass is 10.2. The molecule has 0 fully saturated rings. The smallest absolute Gasteiger partial charge is 0.229 e. The first-order chi connectivity index (χ1) is 12.0. The van der Waals surface area contributed by atoms with Crippen LogP contribution in [-0.4, -0.2) is 43.8 Å². The quantitative estimate of drug-likeness (QED) is 0.695. The third kappa shape index (κ3) is 3.71. The fraction of sp³-hybridized carbons (Fsp3) is 0.312. The summed E-state index contributed by atoms with van der Waals surface area (Å²) >= 11 is 1.53. The molecule has 1 aromatic carbocycles. The maximum atomic E-state index is 5.82. The summed E-state index contributed by atoms with van der Waals surface area (Å²) < 4.78 is 1.97. The summed E-state index contributed by atoms with van der Waals surface area (Å²) in [5.74, 6) is 1.36. The fourth-order valence-electron chi connectivity index (χ4n) is 2.29. The van der Waals surface area contributed by atoms with E-state index in [2.05, 4.69) is 38.1 Å². The van der Waals surface area contributed by atoms with E-state index < -0.39 is 0 Å². The van der Waals surface area contributed by atoms with Crippen LogP contribution in [0.2, 0.25) is 0 Å². The molecule has 0 saturated heterocycles. The lowest BCUT2D eigenvalue weighted by Gasteiger charge is -2.15. The van der Waals surface area contributed by atoms with Gasteiger partial charge in [0.15, 0.2) is 5.16 Å². The molecule has 25 heavy (non-hydrogen) atoms. The van der Waals surface area contributed by atoms with Gasteiger partial charge in [0.2, 0.25) is 11.9 Å². The van der Waals surface area contributed by atoms with E-state index in [0.29, 0.717) is 11.8 Å². The van der Waals surface area contributed by atoms with Crippen molar-refractivity contribution >= 4 is 23.7 Å². The van der Waals surface area contributed by atoms with Crippen LogP contribution in [0.5, 0.6) is 0 Å². The Kier molecular flexibility index (Phi) is 4.84. The van der Waals surface area contributed by atoms with E-state index in [4.69, 9.17) is 5.73 Å². The Labute approximate surface area is 150 Å². The van der Waals surface area contributed by atoms with Crippen molar-refractivity contribution in [1.29, 1.82) is 0 Å². The molecule has 2 aromatic heterocycles. The minimum absolute atomic E-state index is 0.0593. The van der Waals surface area contributed by atoms with Gasteiger partial charge in [-0.05, 0) is 25.5 Å². The number of benzene rings is 1. The van der Waals surface area contributed by atoms with Gasteiger partial charge < -0.3 is 10.6 Å². The average Bonchev–Trinajstić information content (AvgIpc) is 3.02. The Bertz CT molecular complexity index is 876. The molecule has 9 heteroatoms. The van der Waals surface area contributed by atoms with Crippen molar-refractivity contribution in [3.8, 4) is 5.69 Å². The minimum atomic E-state index is -0.0593. The summed E-state index contributed by atoms with van der Waals surface area (Å²) in [4.78, 5) is 14.7. The predicted molar refractivity (Wildman–Crippen MR) is 98.9 cm³/mol. The molecule has 3 aromatic rings. The molecule has 1 unspecified atom stereocenters. The average molecular weight is 356 g/mol. The van der Waals surface area contributed by atoms with Crippen molar-refractivity contribution in [3.05, 3.63) is 42.0 Å². The number of aryl methyl sites for hydroxylation is 1. The summed E-state index contributed by atoms with van der Waals surface area (Å²) in [6.45, 7) is 4.07. The molecule has 0 spiro atoms. The van der Waals surface area contributed by atoms with Crippen LogP contribution in [0, 0.1) is 6.92 Å². The largest absolute Gasteiger partial charge is 0.368 e. The van der Waals surface area contributed by atoms with Gasteiger partial charge in [-0.3, -0.25) is 4.57 Å². The Morgan fingerprint density at radius 3 is 2.64 bits per heavy atom. The van der Waals surface area contributed by atoms with Gasteiger partial charge in [-0.15, -0.1) is 10.2 Å². The van der Waals surface area contributed by atoms with Gasteiger partial charge in [0.25, 0.3) is 0 Å². The van der Waals surface area contributed by atoms with E-state index in [1.807, 2.05) is 43.8 Å². The second kappa shape index (κ2) is 7.06. The molecule has 0 amide bonds. The van der Waals surface area contributed by atoms with Crippen molar-refractivity contribution in [2.45, 2.75) is 24.3 Å². The molecule has 0 aliphatic carbocycles. The van der Waals surface area contributed by atoms with E-state index in [-0.39, 0.29) is 11.2 Å². The van der Waals surface area contributed by atoms with E-state index >= 15 is 0 Å². The number of hydrogen-bond acceptors (Lipinski definition) is 8. The molecule has 0 radical (unpaired) electrons. The van der Waals surface area contributed by atoms with Crippen LogP contribution in [0.15, 0.2) is 35.7 Å². The van der Waals surface area contributed by atoms with Crippen molar-refractivity contribution in [2.75, 3.05) is 24.7 Å². The van der Waals surface area contributed by atoms with Crippen LogP contribution in [0.3, 0.4) is 0 Å². The summed E-state index contributed by atoms with van der Waals surface area (Å²) in [7, 11) is 3.73. The zero-order chi connectivity index (χ0) is 18.0. The predicted octanol–water partition coefficient (Wildman–Crippen LogP) is 2.26. The van der Waals surface area contributed by atoms with Crippen LogP contribution in [0.25, 0.3) is 5.69 Å². The van der Waals surface area contributed by atoms with Gasteiger partial charge in [-0.1, -0.05) is 30.0 Å². The Balaban J connectivity index is 1.89. The molecule has 0 saturated carbocycles. The zero-order valence-electron chi connectivity index (χ0n) is 14.6. The first kappa shape index (κ1) is 17.2. The maximum Gasteiger partial charge on any atom is 0.229 e. The van der Waals surface area contributed by atoms with Crippen molar-refractivity contribution in [1.82, 2.24) is 29.7 Å². The summed E-state index contributed by atoms with van der Waals surface area (Å²) in [6, 6.07) is 8.10. The topological polar surface area (TPSA) is 98.6 Å². The summed E-state index contributed by atoms with van der Waals surface area (Å²) in [5, 5.41) is 9.01. The third-order valence-corrected chi connectivity index (χ3v) is 4.65. The highest BCUT2D eigenvalue weighted by Gasteiger charge is 2.18. The van der Waals surface area contributed by atoms with Crippen molar-refractivity contribution in [3.63, 3.8) is 0 Å². The molecule has 130 valence electrons. The fourth-order valence-corrected chi connectivity index (χ4v) is 3.17. The number of nitrogens with zero attached hydrogens (tertiary/aromatic N) is 7. The molecule has 2 heterocycles. The Morgan fingerprint density at radius 1 is 1.16 bits per heavy atom. The van der Waals surface area contributed by atoms with Crippen LogP contribution < -0.4 is 10.6 Å². The van der Waals surface area contributed by atoms with E-state index in [1.54, 1.807) is 11.2 Å². The maximum absolute atomic E-state index is 5.82. The zero-order valence-corrected chi connectivity index (χ0v) is 15.4. The van der Waals surface area contributed by atoms with E-state index in [0.717, 1.165) is 16.4 Å². The van der Waals surface area contributed by atoms with Gasteiger partial charge in [-0.2, -0.15) is 15.0 Å². The monoisotopic (exact) mass is 356 g/mol. The molecule has 1 atom stereocenters. The standard InChI is InChI=1S/C16H20N8S/c1-10-7-5-6-8-12(10)24-9-18-22-16(24)25-11(2)13-19-14(17)21-15(20-13)23(3)4/h5-9,11H,1-4H3,(H2,17,19,20,21). The first-order valence-corrected chi connectivity index (χ1v) is 8.65.